The van der Waals surface area contributed by atoms with E-state index in [-0.39, 0.29) is 5.56 Å². The Bertz CT molecular complexity index is 1190. The lowest BCUT2D eigenvalue weighted by molar-refractivity contribution is 0.0698. The van der Waals surface area contributed by atoms with Crippen molar-refractivity contribution >= 4 is 45.1 Å². The Labute approximate surface area is 185 Å². The van der Waals surface area contributed by atoms with Crippen molar-refractivity contribution < 1.29 is 9.90 Å². The summed E-state index contributed by atoms with van der Waals surface area (Å²) in [5.74, 6) is -1.08. The van der Waals surface area contributed by atoms with Gasteiger partial charge in [-0.25, -0.2) is 9.48 Å². The van der Waals surface area contributed by atoms with Crippen molar-refractivity contribution in [1.29, 1.82) is 0 Å². The molecule has 1 N–H and O–H groups in total. The largest absolute Gasteiger partial charge is 0.478 e. The first kappa shape index (κ1) is 19.7. The van der Waals surface area contributed by atoms with E-state index >= 15 is 0 Å². The Kier molecular flexibility index (Phi) is 5.46. The van der Waals surface area contributed by atoms with Gasteiger partial charge in [-0.1, -0.05) is 69.5 Å². The molecule has 0 atom stereocenters. The summed E-state index contributed by atoms with van der Waals surface area (Å²) >= 11 is 15.7. The second-order valence-electron chi connectivity index (χ2n) is 6.29. The molecule has 4 nitrogen and oxygen atoms in total. The number of halogens is 3. The molecule has 144 valence electrons. The smallest absolute Gasteiger partial charge is 0.340 e. The number of carboxylic acid groups (broad SMARTS) is 1. The normalized spacial score (nSPS) is 10.9. The first-order chi connectivity index (χ1) is 13.9. The van der Waals surface area contributed by atoms with E-state index in [0.717, 1.165) is 15.7 Å². The summed E-state index contributed by atoms with van der Waals surface area (Å²) in [6.45, 7) is 0. The molecule has 1 heterocycles. The highest BCUT2D eigenvalue weighted by Crippen LogP contribution is 2.36. The fraction of sp³-hybridized carbons (Fsp3) is 0. The Hall–Kier alpha value is -2.60. The average Bonchev–Trinajstić information content (AvgIpc) is 3.09. The summed E-state index contributed by atoms with van der Waals surface area (Å²) in [7, 11) is 0. The van der Waals surface area contributed by atoms with E-state index in [0.29, 0.717) is 27.0 Å². The molecule has 4 aromatic rings. The molecule has 0 spiro atoms. The number of carboxylic acids is 1. The van der Waals surface area contributed by atoms with Gasteiger partial charge in [0.25, 0.3) is 0 Å². The predicted molar refractivity (Wildman–Crippen MR) is 119 cm³/mol. The third-order valence-electron chi connectivity index (χ3n) is 4.35. The van der Waals surface area contributed by atoms with Gasteiger partial charge in [0.15, 0.2) is 0 Å². The standard InChI is InChI=1S/C22H13BrCl2N2O2/c23-15-6-8-18(9-7-15)27-21(13-4-2-1-3-5-13)19(22(28)29)20(26-27)14-10-16(24)12-17(25)11-14/h1-12H,(H,28,29). The molecule has 0 unspecified atom stereocenters. The van der Waals surface area contributed by atoms with Crippen LogP contribution in [-0.2, 0) is 0 Å². The Morgan fingerprint density at radius 1 is 0.897 bits per heavy atom. The summed E-state index contributed by atoms with van der Waals surface area (Å²) in [6, 6.07) is 21.7. The monoisotopic (exact) mass is 486 g/mol. The molecule has 0 bridgehead atoms. The van der Waals surface area contributed by atoms with Gasteiger partial charge in [0.1, 0.15) is 11.3 Å². The zero-order valence-electron chi connectivity index (χ0n) is 14.8. The third kappa shape index (κ3) is 3.94. The van der Waals surface area contributed by atoms with Crippen LogP contribution in [0.3, 0.4) is 0 Å². The lowest BCUT2D eigenvalue weighted by Crippen LogP contribution is -2.03. The van der Waals surface area contributed by atoms with Gasteiger partial charge in [-0.3, -0.25) is 0 Å². The average molecular weight is 488 g/mol. The van der Waals surface area contributed by atoms with Crippen molar-refractivity contribution in [1.82, 2.24) is 9.78 Å². The van der Waals surface area contributed by atoms with Crippen molar-refractivity contribution in [2.45, 2.75) is 0 Å². The number of aromatic carboxylic acids is 1. The zero-order chi connectivity index (χ0) is 20.5. The predicted octanol–water partition coefficient (Wildman–Crippen LogP) is 6.97. The number of aromatic nitrogens is 2. The minimum Gasteiger partial charge on any atom is -0.478 e. The molecule has 0 saturated carbocycles. The molecule has 29 heavy (non-hydrogen) atoms. The van der Waals surface area contributed by atoms with Gasteiger partial charge in [-0.2, -0.15) is 5.10 Å². The lowest BCUT2D eigenvalue weighted by atomic mass is 10.0. The topological polar surface area (TPSA) is 55.1 Å². The maximum absolute atomic E-state index is 12.3. The van der Waals surface area contributed by atoms with Gasteiger partial charge in [0, 0.05) is 25.6 Å². The van der Waals surface area contributed by atoms with E-state index in [1.54, 1.807) is 22.9 Å². The summed E-state index contributed by atoms with van der Waals surface area (Å²) in [6.07, 6.45) is 0. The summed E-state index contributed by atoms with van der Waals surface area (Å²) in [5, 5.41) is 15.6. The van der Waals surface area contributed by atoms with E-state index in [2.05, 4.69) is 21.0 Å². The Balaban J connectivity index is 2.07. The maximum atomic E-state index is 12.3. The Morgan fingerprint density at radius 3 is 2.10 bits per heavy atom. The molecule has 0 aliphatic heterocycles. The SMILES string of the molecule is O=C(O)c1c(-c2cc(Cl)cc(Cl)c2)nn(-c2ccc(Br)cc2)c1-c1ccccc1. The molecule has 0 saturated heterocycles. The summed E-state index contributed by atoms with van der Waals surface area (Å²) < 4.78 is 2.55. The van der Waals surface area contributed by atoms with Crippen LogP contribution in [0.2, 0.25) is 10.0 Å². The molecule has 0 aliphatic rings. The number of benzene rings is 3. The molecule has 3 aromatic carbocycles. The molecule has 4 rings (SSSR count). The van der Waals surface area contributed by atoms with Gasteiger partial charge in [0.2, 0.25) is 0 Å². The molecule has 0 amide bonds. The van der Waals surface area contributed by atoms with E-state index in [9.17, 15) is 9.90 Å². The van der Waals surface area contributed by atoms with Crippen LogP contribution in [-0.4, -0.2) is 20.9 Å². The van der Waals surface area contributed by atoms with Crippen LogP contribution in [0.5, 0.6) is 0 Å². The van der Waals surface area contributed by atoms with E-state index in [4.69, 9.17) is 23.2 Å². The fourth-order valence-electron chi connectivity index (χ4n) is 3.15. The summed E-state index contributed by atoms with van der Waals surface area (Å²) in [4.78, 5) is 12.3. The van der Waals surface area contributed by atoms with Crippen LogP contribution in [0.15, 0.2) is 77.3 Å². The highest BCUT2D eigenvalue weighted by atomic mass is 79.9. The van der Waals surface area contributed by atoms with Crippen molar-refractivity contribution in [3.05, 3.63) is 92.9 Å². The van der Waals surface area contributed by atoms with Gasteiger partial charge in [0.05, 0.1) is 11.4 Å². The number of hydrogen-bond acceptors (Lipinski definition) is 2. The number of rotatable bonds is 4. The van der Waals surface area contributed by atoms with Crippen molar-refractivity contribution in [2.24, 2.45) is 0 Å². The Morgan fingerprint density at radius 2 is 1.52 bits per heavy atom. The first-order valence-corrected chi connectivity index (χ1v) is 10.1. The van der Waals surface area contributed by atoms with Gasteiger partial charge in [-0.05, 0) is 42.5 Å². The van der Waals surface area contributed by atoms with E-state index in [1.165, 1.54) is 0 Å². The zero-order valence-corrected chi connectivity index (χ0v) is 17.9. The summed E-state index contributed by atoms with van der Waals surface area (Å²) in [5.41, 5.74) is 2.86. The lowest BCUT2D eigenvalue weighted by Gasteiger charge is -2.09. The molecule has 0 radical (unpaired) electrons. The molecular formula is C22H13BrCl2N2O2. The molecule has 7 heteroatoms. The minimum atomic E-state index is -1.08. The molecule has 1 aromatic heterocycles. The second kappa shape index (κ2) is 8.03. The highest BCUT2D eigenvalue weighted by molar-refractivity contribution is 9.10. The van der Waals surface area contributed by atoms with E-state index in [1.807, 2.05) is 54.6 Å². The molecular weight excluding hydrogens is 475 g/mol. The van der Waals surface area contributed by atoms with Crippen molar-refractivity contribution in [3.63, 3.8) is 0 Å². The molecule has 0 fully saturated rings. The second-order valence-corrected chi connectivity index (χ2v) is 8.08. The van der Waals surface area contributed by atoms with Gasteiger partial charge >= 0.3 is 5.97 Å². The van der Waals surface area contributed by atoms with Crippen LogP contribution >= 0.6 is 39.1 Å². The van der Waals surface area contributed by atoms with Crippen LogP contribution in [0.1, 0.15) is 10.4 Å². The quantitative estimate of drug-likeness (QED) is 0.338. The third-order valence-corrected chi connectivity index (χ3v) is 5.32. The highest BCUT2D eigenvalue weighted by Gasteiger charge is 2.26. The maximum Gasteiger partial charge on any atom is 0.340 e. The van der Waals surface area contributed by atoms with Crippen molar-refractivity contribution in [2.75, 3.05) is 0 Å². The number of nitrogens with zero attached hydrogens (tertiary/aromatic N) is 2. The first-order valence-electron chi connectivity index (χ1n) is 8.58. The van der Waals surface area contributed by atoms with Crippen LogP contribution in [0.25, 0.3) is 28.2 Å². The minimum absolute atomic E-state index is 0.0810. The van der Waals surface area contributed by atoms with Gasteiger partial charge < -0.3 is 5.11 Å². The van der Waals surface area contributed by atoms with Gasteiger partial charge in [-0.15, -0.1) is 0 Å². The van der Waals surface area contributed by atoms with E-state index < -0.39 is 5.97 Å². The van der Waals surface area contributed by atoms with Crippen LogP contribution in [0, 0.1) is 0 Å². The fourth-order valence-corrected chi connectivity index (χ4v) is 3.94. The van der Waals surface area contributed by atoms with Crippen molar-refractivity contribution in [3.8, 4) is 28.2 Å². The van der Waals surface area contributed by atoms with Crippen LogP contribution < -0.4 is 0 Å². The number of carbonyl (C=O) groups is 1. The van der Waals surface area contributed by atoms with Crippen LogP contribution in [0.4, 0.5) is 0 Å². The molecule has 0 aliphatic carbocycles. The number of hydrogen-bond donors (Lipinski definition) is 1.